The monoisotopic (exact) mass is 255 g/mol. The van der Waals surface area contributed by atoms with Crippen LogP contribution < -0.4 is 5.32 Å². The second-order valence-corrected chi connectivity index (χ2v) is 6.30. The van der Waals surface area contributed by atoms with Crippen LogP contribution in [0.3, 0.4) is 0 Å². The first-order valence-corrected chi connectivity index (χ1v) is 6.98. The molecule has 4 heteroatoms. The van der Waals surface area contributed by atoms with Crippen LogP contribution in [-0.4, -0.2) is 61.5 Å². The molecule has 1 rings (SSSR count). The molecule has 0 bridgehead atoms. The molecule has 18 heavy (non-hydrogen) atoms. The predicted octanol–water partition coefficient (Wildman–Crippen LogP) is 1.17. The first-order valence-electron chi connectivity index (χ1n) is 6.98. The third-order valence-electron chi connectivity index (χ3n) is 3.77. The Bertz CT molecular complexity index is 268. The zero-order valence-corrected chi connectivity index (χ0v) is 12.7. The van der Waals surface area contributed by atoms with E-state index in [-0.39, 0.29) is 11.9 Å². The fourth-order valence-corrected chi connectivity index (χ4v) is 2.62. The fraction of sp³-hybridized carbons (Fsp3) is 0.929. The highest BCUT2D eigenvalue weighted by Crippen LogP contribution is 2.17. The van der Waals surface area contributed by atoms with E-state index in [1.165, 1.54) is 0 Å². The Morgan fingerprint density at radius 3 is 2.44 bits per heavy atom. The van der Waals surface area contributed by atoms with Crippen molar-refractivity contribution in [3.05, 3.63) is 0 Å². The summed E-state index contributed by atoms with van der Waals surface area (Å²) in [6.07, 6.45) is 2.04. The van der Waals surface area contributed by atoms with Crippen molar-refractivity contribution in [2.75, 3.05) is 27.7 Å². The van der Waals surface area contributed by atoms with Crippen LogP contribution in [0.2, 0.25) is 0 Å². The van der Waals surface area contributed by atoms with Crippen LogP contribution in [0.25, 0.3) is 0 Å². The lowest BCUT2D eigenvalue weighted by Gasteiger charge is -2.26. The lowest BCUT2D eigenvalue weighted by atomic mass is 10.0. The minimum absolute atomic E-state index is 0.0382. The lowest BCUT2D eigenvalue weighted by molar-refractivity contribution is -0.131. The van der Waals surface area contributed by atoms with Gasteiger partial charge in [0.1, 0.15) is 0 Å². The fourth-order valence-electron chi connectivity index (χ4n) is 2.62. The second-order valence-electron chi connectivity index (χ2n) is 6.30. The molecule has 0 radical (unpaired) electrons. The summed E-state index contributed by atoms with van der Waals surface area (Å²) in [6, 6.07) is 1.01. The van der Waals surface area contributed by atoms with Gasteiger partial charge in [0.05, 0.1) is 6.04 Å². The summed E-state index contributed by atoms with van der Waals surface area (Å²) in [5, 5.41) is 3.56. The average Bonchev–Trinajstić information content (AvgIpc) is 2.55. The maximum Gasteiger partial charge on any atom is 0.239 e. The van der Waals surface area contributed by atoms with Crippen LogP contribution in [0.15, 0.2) is 0 Å². The summed E-state index contributed by atoms with van der Waals surface area (Å²) in [6.45, 7) is 7.62. The van der Waals surface area contributed by atoms with Gasteiger partial charge in [0.25, 0.3) is 0 Å². The first-order chi connectivity index (χ1) is 8.31. The van der Waals surface area contributed by atoms with E-state index in [1.54, 1.807) is 4.90 Å². The quantitative estimate of drug-likeness (QED) is 0.801. The Morgan fingerprint density at radius 1 is 1.44 bits per heavy atom. The minimum Gasteiger partial charge on any atom is -0.347 e. The number of nitrogens with one attached hydrogen (secondary N) is 1. The predicted molar refractivity (Wildman–Crippen MR) is 75.6 cm³/mol. The summed E-state index contributed by atoms with van der Waals surface area (Å²) in [4.78, 5) is 16.2. The van der Waals surface area contributed by atoms with Gasteiger partial charge in [0.15, 0.2) is 0 Å². The molecule has 1 fully saturated rings. The van der Waals surface area contributed by atoms with Crippen LogP contribution in [0, 0.1) is 5.92 Å². The SMILES string of the molecule is CC(C)CC(NC1CC(C)N(C)C1)C(=O)N(C)C. The summed E-state index contributed by atoms with van der Waals surface area (Å²) < 4.78 is 0. The van der Waals surface area contributed by atoms with Gasteiger partial charge in [-0.25, -0.2) is 0 Å². The summed E-state index contributed by atoms with van der Waals surface area (Å²) in [5.41, 5.74) is 0. The van der Waals surface area contributed by atoms with E-state index in [0.29, 0.717) is 18.0 Å². The maximum absolute atomic E-state index is 12.2. The Balaban J connectivity index is 2.59. The van der Waals surface area contributed by atoms with E-state index >= 15 is 0 Å². The summed E-state index contributed by atoms with van der Waals surface area (Å²) in [7, 11) is 5.82. The van der Waals surface area contributed by atoms with Crippen LogP contribution in [0.4, 0.5) is 0 Å². The molecule has 1 heterocycles. The molecule has 4 nitrogen and oxygen atoms in total. The maximum atomic E-state index is 12.2. The van der Waals surface area contributed by atoms with E-state index in [1.807, 2.05) is 14.1 Å². The van der Waals surface area contributed by atoms with Gasteiger partial charge >= 0.3 is 0 Å². The molecule has 0 aromatic heterocycles. The van der Waals surface area contributed by atoms with E-state index < -0.39 is 0 Å². The van der Waals surface area contributed by atoms with Gasteiger partial charge in [-0.15, -0.1) is 0 Å². The Morgan fingerprint density at radius 2 is 2.06 bits per heavy atom. The molecule has 0 spiro atoms. The number of carbonyl (C=O) groups excluding carboxylic acids is 1. The third-order valence-corrected chi connectivity index (χ3v) is 3.77. The number of nitrogens with zero attached hydrogens (tertiary/aromatic N) is 2. The molecule has 0 aromatic carbocycles. The number of likely N-dealkylation sites (N-methyl/N-ethyl adjacent to an activating group) is 2. The van der Waals surface area contributed by atoms with E-state index in [2.05, 4.69) is 38.0 Å². The van der Waals surface area contributed by atoms with Crippen LogP contribution in [0.5, 0.6) is 0 Å². The van der Waals surface area contributed by atoms with Crippen molar-refractivity contribution in [3.8, 4) is 0 Å². The molecule has 1 amide bonds. The van der Waals surface area contributed by atoms with Gasteiger partial charge in [0.2, 0.25) is 5.91 Å². The normalized spacial score (nSPS) is 26.6. The van der Waals surface area contributed by atoms with Crippen molar-refractivity contribution < 1.29 is 4.79 Å². The molecule has 0 aliphatic carbocycles. The average molecular weight is 255 g/mol. The molecule has 1 aliphatic rings. The lowest BCUT2D eigenvalue weighted by Crippen LogP contribution is -2.49. The summed E-state index contributed by atoms with van der Waals surface area (Å²) >= 11 is 0. The third kappa shape index (κ3) is 4.25. The highest BCUT2D eigenvalue weighted by molar-refractivity contribution is 5.81. The molecular weight excluding hydrogens is 226 g/mol. The highest BCUT2D eigenvalue weighted by Gasteiger charge is 2.30. The standard InChI is InChI=1S/C14H29N3O/c1-10(2)7-13(14(18)16(4)5)15-12-8-11(3)17(6)9-12/h10-13,15H,7-9H2,1-6H3. The molecule has 1 N–H and O–H groups in total. The van der Waals surface area contributed by atoms with Gasteiger partial charge in [-0.05, 0) is 32.7 Å². The molecule has 0 saturated carbocycles. The Kier molecular flexibility index (Phi) is 5.60. The van der Waals surface area contributed by atoms with Gasteiger partial charge in [0, 0.05) is 32.7 Å². The van der Waals surface area contributed by atoms with Crippen molar-refractivity contribution in [2.24, 2.45) is 5.92 Å². The molecule has 1 saturated heterocycles. The Labute approximate surface area is 112 Å². The van der Waals surface area contributed by atoms with Crippen molar-refractivity contribution in [2.45, 2.75) is 51.7 Å². The van der Waals surface area contributed by atoms with Crippen LogP contribution in [-0.2, 0) is 4.79 Å². The van der Waals surface area contributed by atoms with Crippen molar-refractivity contribution in [1.82, 2.24) is 15.1 Å². The molecule has 0 aromatic rings. The van der Waals surface area contributed by atoms with E-state index in [9.17, 15) is 4.79 Å². The second kappa shape index (κ2) is 6.53. The Hall–Kier alpha value is -0.610. The number of hydrogen-bond donors (Lipinski definition) is 1. The van der Waals surface area contributed by atoms with Gasteiger partial charge in [-0.3, -0.25) is 4.79 Å². The number of likely N-dealkylation sites (tertiary alicyclic amines) is 1. The number of rotatable bonds is 5. The molecule has 106 valence electrons. The molecule has 3 unspecified atom stereocenters. The van der Waals surface area contributed by atoms with Crippen LogP contribution in [0.1, 0.15) is 33.6 Å². The molecule has 3 atom stereocenters. The minimum atomic E-state index is -0.0382. The number of hydrogen-bond acceptors (Lipinski definition) is 3. The number of amides is 1. The smallest absolute Gasteiger partial charge is 0.239 e. The highest BCUT2D eigenvalue weighted by atomic mass is 16.2. The molecular formula is C14H29N3O. The number of carbonyl (C=O) groups is 1. The van der Waals surface area contributed by atoms with Crippen molar-refractivity contribution in [1.29, 1.82) is 0 Å². The van der Waals surface area contributed by atoms with Gasteiger partial charge in [-0.1, -0.05) is 13.8 Å². The summed E-state index contributed by atoms with van der Waals surface area (Å²) in [5.74, 6) is 0.730. The zero-order chi connectivity index (χ0) is 13.9. The van der Waals surface area contributed by atoms with Crippen molar-refractivity contribution in [3.63, 3.8) is 0 Å². The largest absolute Gasteiger partial charge is 0.347 e. The topological polar surface area (TPSA) is 35.6 Å². The van der Waals surface area contributed by atoms with Crippen molar-refractivity contribution >= 4 is 5.91 Å². The molecule has 1 aliphatic heterocycles. The first kappa shape index (κ1) is 15.4. The van der Waals surface area contributed by atoms with Gasteiger partial charge < -0.3 is 15.1 Å². The van der Waals surface area contributed by atoms with E-state index in [4.69, 9.17) is 0 Å². The van der Waals surface area contributed by atoms with Crippen LogP contribution >= 0.6 is 0 Å². The van der Waals surface area contributed by atoms with Gasteiger partial charge in [-0.2, -0.15) is 0 Å². The van der Waals surface area contributed by atoms with E-state index in [0.717, 1.165) is 19.4 Å². The zero-order valence-electron chi connectivity index (χ0n) is 12.7.